The van der Waals surface area contributed by atoms with Gasteiger partial charge in [0.1, 0.15) is 11.0 Å². The van der Waals surface area contributed by atoms with Crippen LogP contribution in [0.5, 0.6) is 0 Å². The molecule has 0 radical (unpaired) electrons. The van der Waals surface area contributed by atoms with E-state index in [0.717, 1.165) is 49.2 Å². The van der Waals surface area contributed by atoms with Gasteiger partial charge in [-0.3, -0.25) is 4.40 Å². The van der Waals surface area contributed by atoms with Crippen LogP contribution >= 0.6 is 11.3 Å². The van der Waals surface area contributed by atoms with E-state index in [1.165, 1.54) is 32.5 Å². The van der Waals surface area contributed by atoms with E-state index in [2.05, 4.69) is 115 Å². The lowest BCUT2D eigenvalue weighted by molar-refractivity contribution is 0.660. The summed E-state index contributed by atoms with van der Waals surface area (Å²) in [6.07, 6.45) is 0. The van der Waals surface area contributed by atoms with Crippen molar-refractivity contribution >= 4 is 48.5 Å². The third-order valence-electron chi connectivity index (χ3n) is 9.04. The highest BCUT2D eigenvalue weighted by molar-refractivity contribution is 7.23. The topological polar surface area (TPSA) is 54.0 Å². The maximum atomic E-state index is 9.52. The Hall–Kier alpha value is -5.31. The highest BCUT2D eigenvalue weighted by Crippen LogP contribution is 2.50. The van der Waals surface area contributed by atoms with Crippen molar-refractivity contribution in [3.05, 3.63) is 126 Å². The van der Waals surface area contributed by atoms with Crippen molar-refractivity contribution in [2.24, 2.45) is 0 Å². The minimum Gasteiger partial charge on any atom is -0.281 e. The Morgan fingerprint density at radius 3 is 2.35 bits per heavy atom. The molecule has 0 bridgehead atoms. The van der Waals surface area contributed by atoms with Crippen molar-refractivity contribution < 1.29 is 0 Å². The number of para-hydroxylation sites is 2. The van der Waals surface area contributed by atoms with Crippen LogP contribution in [0.25, 0.3) is 70.6 Å². The van der Waals surface area contributed by atoms with Gasteiger partial charge in [0.05, 0.1) is 33.1 Å². The number of benzene rings is 5. The van der Waals surface area contributed by atoms with E-state index in [1.807, 2.05) is 18.2 Å². The fraction of sp³-hybridized carbons (Fsp3) is 0.0789. The number of hydrogen-bond acceptors (Lipinski definition) is 4. The molecule has 0 fully saturated rings. The smallest absolute Gasteiger partial charge is 0.195 e. The second-order valence-corrected chi connectivity index (χ2v) is 12.8. The summed E-state index contributed by atoms with van der Waals surface area (Å²) in [5.41, 5.74) is 13.9. The highest BCUT2D eigenvalue weighted by Gasteiger charge is 2.35. The average Bonchev–Trinajstić information content (AvgIpc) is 3.67. The lowest BCUT2D eigenvalue weighted by Crippen LogP contribution is -2.15. The van der Waals surface area contributed by atoms with Crippen LogP contribution in [0.2, 0.25) is 0 Å². The molecule has 5 heteroatoms. The highest BCUT2D eigenvalue weighted by atomic mass is 32.1. The maximum Gasteiger partial charge on any atom is 0.195 e. The molecule has 0 amide bonds. The monoisotopic (exact) mass is 568 g/mol. The zero-order chi connectivity index (χ0) is 28.9. The minimum atomic E-state index is -0.194. The normalized spacial score (nSPS) is 13.5. The van der Waals surface area contributed by atoms with Gasteiger partial charge in [-0.1, -0.05) is 91.9 Å². The number of rotatable bonds is 2. The van der Waals surface area contributed by atoms with E-state index in [-0.39, 0.29) is 5.41 Å². The van der Waals surface area contributed by atoms with Crippen LogP contribution in [0.3, 0.4) is 0 Å². The van der Waals surface area contributed by atoms with Crippen LogP contribution in [0.15, 0.2) is 109 Å². The van der Waals surface area contributed by atoms with Gasteiger partial charge >= 0.3 is 0 Å². The molecular weight excluding hydrogens is 545 g/mol. The number of pyridine rings is 1. The van der Waals surface area contributed by atoms with Gasteiger partial charge in [-0.15, -0.1) is 0 Å². The minimum absolute atomic E-state index is 0.194. The van der Waals surface area contributed by atoms with Gasteiger partial charge < -0.3 is 0 Å². The van der Waals surface area contributed by atoms with E-state index in [1.54, 1.807) is 11.3 Å². The molecule has 9 rings (SSSR count). The van der Waals surface area contributed by atoms with Gasteiger partial charge in [0, 0.05) is 16.4 Å². The van der Waals surface area contributed by atoms with Gasteiger partial charge in [-0.05, 0) is 75.8 Å². The Balaban J connectivity index is 1.26. The van der Waals surface area contributed by atoms with E-state index in [4.69, 9.17) is 9.97 Å². The van der Waals surface area contributed by atoms with E-state index >= 15 is 0 Å². The Kier molecular flexibility index (Phi) is 4.86. The molecule has 0 unspecified atom stereocenters. The third-order valence-corrected chi connectivity index (χ3v) is 10.1. The molecule has 3 aromatic heterocycles. The van der Waals surface area contributed by atoms with Gasteiger partial charge in [-0.25, -0.2) is 9.97 Å². The summed E-state index contributed by atoms with van der Waals surface area (Å²) in [6, 6.07) is 40.7. The first-order chi connectivity index (χ1) is 21.0. The zero-order valence-electron chi connectivity index (χ0n) is 23.6. The molecule has 4 nitrogen and oxygen atoms in total. The SMILES string of the molecule is CC1(C)c2cc(C#N)ccc2-c2ccc(-c3cccc(-c4nc5ccccc5c5nc6sc7ccccc7n6c45)c3)cc21. The number of imidazole rings is 1. The quantitative estimate of drug-likeness (QED) is 0.209. The molecule has 0 saturated heterocycles. The molecule has 43 heavy (non-hydrogen) atoms. The van der Waals surface area contributed by atoms with Crippen LogP contribution in [0.4, 0.5) is 0 Å². The second kappa shape index (κ2) is 8.61. The van der Waals surface area contributed by atoms with Crippen molar-refractivity contribution in [1.82, 2.24) is 14.4 Å². The molecule has 0 N–H and O–H groups in total. The Labute approximate surface area is 252 Å². The fourth-order valence-corrected chi connectivity index (χ4v) is 7.93. The van der Waals surface area contributed by atoms with Crippen molar-refractivity contribution in [1.29, 1.82) is 5.26 Å². The maximum absolute atomic E-state index is 9.52. The molecular formula is C38H24N4S. The summed E-state index contributed by atoms with van der Waals surface area (Å²) in [7, 11) is 0. The van der Waals surface area contributed by atoms with E-state index in [0.29, 0.717) is 5.56 Å². The number of aromatic nitrogens is 3. The van der Waals surface area contributed by atoms with Gasteiger partial charge in [-0.2, -0.15) is 5.26 Å². The molecule has 5 aromatic carbocycles. The summed E-state index contributed by atoms with van der Waals surface area (Å²) in [5.74, 6) is 0. The van der Waals surface area contributed by atoms with E-state index < -0.39 is 0 Å². The number of thiazole rings is 1. The first kappa shape index (κ1) is 24.3. The summed E-state index contributed by atoms with van der Waals surface area (Å²) < 4.78 is 3.49. The molecule has 8 aromatic rings. The molecule has 0 atom stereocenters. The Morgan fingerprint density at radius 2 is 1.47 bits per heavy atom. The predicted molar refractivity (Wildman–Crippen MR) is 177 cm³/mol. The van der Waals surface area contributed by atoms with Crippen LogP contribution in [0.1, 0.15) is 30.5 Å². The molecule has 0 spiro atoms. The molecule has 202 valence electrons. The van der Waals surface area contributed by atoms with Crippen molar-refractivity contribution in [2.45, 2.75) is 19.3 Å². The number of nitrogens with zero attached hydrogens (tertiary/aromatic N) is 4. The summed E-state index contributed by atoms with van der Waals surface area (Å²) >= 11 is 1.71. The molecule has 1 aliphatic rings. The van der Waals surface area contributed by atoms with Crippen LogP contribution < -0.4 is 0 Å². The average molecular weight is 569 g/mol. The molecule has 0 aliphatic heterocycles. The van der Waals surface area contributed by atoms with Crippen LogP contribution in [0, 0.1) is 11.3 Å². The van der Waals surface area contributed by atoms with Crippen molar-refractivity contribution in [3.63, 3.8) is 0 Å². The first-order valence-corrected chi connectivity index (χ1v) is 15.2. The summed E-state index contributed by atoms with van der Waals surface area (Å²) in [4.78, 5) is 11.4. The molecule has 0 saturated carbocycles. The Morgan fingerprint density at radius 1 is 0.721 bits per heavy atom. The molecule has 1 aliphatic carbocycles. The van der Waals surface area contributed by atoms with Crippen LogP contribution in [-0.2, 0) is 5.41 Å². The Bertz CT molecular complexity index is 2500. The number of fused-ring (bicyclic) bond motifs is 10. The van der Waals surface area contributed by atoms with Gasteiger partial charge in [0.15, 0.2) is 4.96 Å². The van der Waals surface area contributed by atoms with Crippen LogP contribution in [-0.4, -0.2) is 14.4 Å². The van der Waals surface area contributed by atoms with Crippen molar-refractivity contribution in [2.75, 3.05) is 0 Å². The standard InChI is InChI=1S/C38H24N4S/c1-38(2)29-18-22(21-39)14-16-26(29)27-17-15-24(20-30(27)38)23-8-7-9-25(19-23)34-36-35(28-10-3-4-11-31(28)40-34)41-37-42(36)32-12-5-6-13-33(32)43-37/h3-20H,1-2H3. The lowest BCUT2D eigenvalue weighted by Gasteiger charge is -2.22. The van der Waals surface area contributed by atoms with E-state index in [9.17, 15) is 5.26 Å². The number of hydrogen-bond donors (Lipinski definition) is 0. The summed E-state index contributed by atoms with van der Waals surface area (Å²) in [5, 5.41) is 10.6. The second-order valence-electron chi connectivity index (χ2n) is 11.8. The lowest BCUT2D eigenvalue weighted by atomic mass is 9.81. The predicted octanol–water partition coefficient (Wildman–Crippen LogP) is 9.76. The fourth-order valence-electron chi connectivity index (χ4n) is 6.90. The van der Waals surface area contributed by atoms with Gasteiger partial charge in [0.25, 0.3) is 0 Å². The first-order valence-electron chi connectivity index (χ1n) is 14.4. The molecule has 3 heterocycles. The third kappa shape index (κ3) is 3.36. The van der Waals surface area contributed by atoms with Gasteiger partial charge in [0.2, 0.25) is 0 Å². The number of nitriles is 1. The van der Waals surface area contributed by atoms with Crippen molar-refractivity contribution in [3.8, 4) is 39.6 Å². The zero-order valence-corrected chi connectivity index (χ0v) is 24.4. The largest absolute Gasteiger partial charge is 0.281 e. The summed E-state index contributed by atoms with van der Waals surface area (Å²) in [6.45, 7) is 4.51.